The number of aromatic amines is 1. The standard InChI is InChI=1S/C12H20N4O2/c1-6-16(7-10(17)15(4)5)12(18)11-8(2)13-14-9(11)3/h6-7H2,1-5H3,(H,13,14). The first-order chi connectivity index (χ1) is 8.38. The van der Waals surface area contributed by atoms with Crippen LogP contribution in [0.4, 0.5) is 0 Å². The lowest BCUT2D eigenvalue weighted by Crippen LogP contribution is -2.40. The van der Waals surface area contributed by atoms with E-state index in [0.717, 1.165) is 5.69 Å². The molecule has 0 aromatic carbocycles. The SMILES string of the molecule is CCN(CC(=O)N(C)C)C(=O)c1c(C)n[nH]c1C. The Bertz CT molecular complexity index is 431. The first kappa shape index (κ1) is 14.2. The number of aryl methyl sites for hydroxylation is 2. The van der Waals surface area contributed by atoms with Crippen molar-refractivity contribution in [2.75, 3.05) is 27.2 Å². The molecule has 2 amide bonds. The number of hydrogen-bond donors (Lipinski definition) is 1. The lowest BCUT2D eigenvalue weighted by molar-refractivity contribution is -0.129. The van der Waals surface area contributed by atoms with Crippen molar-refractivity contribution >= 4 is 11.8 Å². The van der Waals surface area contributed by atoms with Crippen molar-refractivity contribution < 1.29 is 9.59 Å². The summed E-state index contributed by atoms with van der Waals surface area (Å²) in [6.07, 6.45) is 0. The molecular formula is C12H20N4O2. The molecule has 6 nitrogen and oxygen atoms in total. The molecule has 0 aliphatic rings. The minimum Gasteiger partial charge on any atom is -0.347 e. The van der Waals surface area contributed by atoms with Crippen molar-refractivity contribution in [2.45, 2.75) is 20.8 Å². The number of carbonyl (C=O) groups excluding carboxylic acids is 2. The number of hydrogen-bond acceptors (Lipinski definition) is 3. The van der Waals surface area contributed by atoms with Gasteiger partial charge in [0.1, 0.15) is 0 Å². The van der Waals surface area contributed by atoms with Crippen LogP contribution in [0.25, 0.3) is 0 Å². The van der Waals surface area contributed by atoms with Crippen molar-refractivity contribution in [2.24, 2.45) is 0 Å². The first-order valence-corrected chi connectivity index (χ1v) is 5.89. The highest BCUT2D eigenvalue weighted by Gasteiger charge is 2.22. The van der Waals surface area contributed by atoms with Gasteiger partial charge < -0.3 is 9.80 Å². The summed E-state index contributed by atoms with van der Waals surface area (Å²) in [7, 11) is 3.35. The Morgan fingerprint density at radius 2 is 1.89 bits per heavy atom. The van der Waals surface area contributed by atoms with Crippen LogP contribution in [0, 0.1) is 13.8 Å². The zero-order valence-electron chi connectivity index (χ0n) is 11.6. The van der Waals surface area contributed by atoms with E-state index in [0.29, 0.717) is 17.8 Å². The van der Waals surface area contributed by atoms with Crippen LogP contribution in [0.15, 0.2) is 0 Å². The molecule has 0 radical (unpaired) electrons. The molecule has 1 N–H and O–H groups in total. The third kappa shape index (κ3) is 2.88. The molecule has 0 aliphatic heterocycles. The maximum atomic E-state index is 12.3. The van der Waals surface area contributed by atoms with Crippen LogP contribution in [-0.4, -0.2) is 59.0 Å². The highest BCUT2D eigenvalue weighted by molar-refractivity contribution is 5.98. The van der Waals surface area contributed by atoms with Gasteiger partial charge in [0, 0.05) is 26.3 Å². The van der Waals surface area contributed by atoms with Gasteiger partial charge in [-0.15, -0.1) is 0 Å². The summed E-state index contributed by atoms with van der Waals surface area (Å²) in [4.78, 5) is 27.0. The topological polar surface area (TPSA) is 69.3 Å². The Hall–Kier alpha value is -1.85. The highest BCUT2D eigenvalue weighted by Crippen LogP contribution is 2.12. The minimum atomic E-state index is -0.156. The van der Waals surface area contributed by atoms with Gasteiger partial charge in [-0.2, -0.15) is 5.10 Å². The van der Waals surface area contributed by atoms with E-state index in [1.165, 1.54) is 9.80 Å². The Balaban J connectivity index is 2.90. The molecule has 1 aromatic heterocycles. The summed E-state index contributed by atoms with van der Waals surface area (Å²) in [5.41, 5.74) is 1.95. The molecule has 0 unspecified atom stereocenters. The summed E-state index contributed by atoms with van der Waals surface area (Å²) in [6.45, 7) is 6.01. The molecule has 0 spiro atoms. The average Bonchev–Trinajstić information content (AvgIpc) is 2.64. The molecule has 0 bridgehead atoms. The molecule has 0 aliphatic carbocycles. The van der Waals surface area contributed by atoms with Gasteiger partial charge in [0.05, 0.1) is 17.8 Å². The van der Waals surface area contributed by atoms with Crippen LogP contribution in [0.1, 0.15) is 28.7 Å². The lowest BCUT2D eigenvalue weighted by atomic mass is 10.1. The number of rotatable bonds is 4. The molecule has 0 atom stereocenters. The molecule has 18 heavy (non-hydrogen) atoms. The largest absolute Gasteiger partial charge is 0.347 e. The molecule has 1 heterocycles. The molecule has 6 heteroatoms. The maximum Gasteiger partial charge on any atom is 0.258 e. The number of carbonyl (C=O) groups is 2. The lowest BCUT2D eigenvalue weighted by Gasteiger charge is -2.22. The number of amides is 2. The fourth-order valence-corrected chi connectivity index (χ4v) is 1.66. The van der Waals surface area contributed by atoms with E-state index in [1.54, 1.807) is 27.9 Å². The van der Waals surface area contributed by atoms with Crippen LogP contribution in [0.3, 0.4) is 0 Å². The number of likely N-dealkylation sites (N-methyl/N-ethyl adjacent to an activating group) is 2. The van der Waals surface area contributed by atoms with Crippen LogP contribution >= 0.6 is 0 Å². The predicted octanol–water partition coefficient (Wildman–Crippen LogP) is 0.577. The second-order valence-corrected chi connectivity index (χ2v) is 4.42. The van der Waals surface area contributed by atoms with E-state index >= 15 is 0 Å². The highest BCUT2D eigenvalue weighted by atomic mass is 16.2. The summed E-state index contributed by atoms with van der Waals surface area (Å²) in [6, 6.07) is 0. The van der Waals surface area contributed by atoms with E-state index in [1.807, 2.05) is 6.92 Å². The minimum absolute atomic E-state index is 0.0897. The molecular weight excluding hydrogens is 232 g/mol. The van der Waals surface area contributed by atoms with Crippen molar-refractivity contribution in [3.8, 4) is 0 Å². The van der Waals surface area contributed by atoms with E-state index in [-0.39, 0.29) is 18.4 Å². The summed E-state index contributed by atoms with van der Waals surface area (Å²) in [5.74, 6) is -0.250. The smallest absolute Gasteiger partial charge is 0.258 e. The van der Waals surface area contributed by atoms with Crippen LogP contribution in [0.2, 0.25) is 0 Å². The monoisotopic (exact) mass is 252 g/mol. The van der Waals surface area contributed by atoms with E-state index in [4.69, 9.17) is 0 Å². The maximum absolute atomic E-state index is 12.3. The van der Waals surface area contributed by atoms with Crippen molar-refractivity contribution in [3.05, 3.63) is 17.0 Å². The zero-order chi connectivity index (χ0) is 13.9. The van der Waals surface area contributed by atoms with Gasteiger partial charge in [0.2, 0.25) is 5.91 Å². The van der Waals surface area contributed by atoms with Crippen molar-refractivity contribution in [3.63, 3.8) is 0 Å². The van der Waals surface area contributed by atoms with Gasteiger partial charge in [0.25, 0.3) is 5.91 Å². The van der Waals surface area contributed by atoms with E-state index < -0.39 is 0 Å². The average molecular weight is 252 g/mol. The Labute approximate surface area is 107 Å². The Kier molecular flexibility index (Phi) is 4.47. The second kappa shape index (κ2) is 5.66. The molecule has 1 aromatic rings. The third-order valence-electron chi connectivity index (χ3n) is 2.84. The Morgan fingerprint density at radius 3 is 2.28 bits per heavy atom. The first-order valence-electron chi connectivity index (χ1n) is 5.89. The van der Waals surface area contributed by atoms with E-state index in [9.17, 15) is 9.59 Å². The van der Waals surface area contributed by atoms with E-state index in [2.05, 4.69) is 10.2 Å². The molecule has 0 fully saturated rings. The summed E-state index contributed by atoms with van der Waals surface area (Å²) in [5, 5.41) is 6.78. The summed E-state index contributed by atoms with van der Waals surface area (Å²) >= 11 is 0. The van der Waals surface area contributed by atoms with Crippen LogP contribution in [0.5, 0.6) is 0 Å². The molecule has 0 saturated carbocycles. The van der Waals surface area contributed by atoms with Crippen molar-refractivity contribution in [1.29, 1.82) is 0 Å². The van der Waals surface area contributed by atoms with Crippen molar-refractivity contribution in [1.82, 2.24) is 20.0 Å². The normalized spacial score (nSPS) is 10.3. The predicted molar refractivity (Wildman–Crippen MR) is 68.3 cm³/mol. The van der Waals surface area contributed by atoms with Crippen LogP contribution in [-0.2, 0) is 4.79 Å². The van der Waals surface area contributed by atoms with Gasteiger partial charge >= 0.3 is 0 Å². The second-order valence-electron chi connectivity index (χ2n) is 4.42. The number of H-pyrrole nitrogens is 1. The van der Waals surface area contributed by atoms with Gasteiger partial charge in [0.15, 0.2) is 0 Å². The molecule has 100 valence electrons. The zero-order valence-corrected chi connectivity index (χ0v) is 11.6. The summed E-state index contributed by atoms with van der Waals surface area (Å²) < 4.78 is 0. The Morgan fingerprint density at radius 1 is 1.28 bits per heavy atom. The van der Waals surface area contributed by atoms with Crippen LogP contribution < -0.4 is 0 Å². The number of aromatic nitrogens is 2. The van der Waals surface area contributed by atoms with Gasteiger partial charge in [-0.05, 0) is 20.8 Å². The fourth-order valence-electron chi connectivity index (χ4n) is 1.66. The quantitative estimate of drug-likeness (QED) is 0.852. The molecule has 1 rings (SSSR count). The third-order valence-corrected chi connectivity index (χ3v) is 2.84. The van der Waals surface area contributed by atoms with Gasteiger partial charge in [-0.1, -0.05) is 0 Å². The van der Waals surface area contributed by atoms with Gasteiger partial charge in [-0.25, -0.2) is 0 Å². The number of nitrogens with one attached hydrogen (secondary N) is 1. The number of nitrogens with zero attached hydrogens (tertiary/aromatic N) is 3. The molecule has 0 saturated heterocycles. The van der Waals surface area contributed by atoms with Gasteiger partial charge in [-0.3, -0.25) is 14.7 Å². The fraction of sp³-hybridized carbons (Fsp3) is 0.583.